The van der Waals surface area contributed by atoms with Gasteiger partial charge in [-0.2, -0.15) is 9.71 Å². The molecule has 28 heavy (non-hydrogen) atoms. The van der Waals surface area contributed by atoms with Crippen LogP contribution in [0.3, 0.4) is 0 Å². The molecule has 0 radical (unpaired) electrons. The monoisotopic (exact) mass is 399 g/mol. The Morgan fingerprint density at radius 1 is 1.21 bits per heavy atom. The molecule has 1 aliphatic heterocycles. The second-order valence-corrected chi connectivity index (χ2v) is 8.10. The molecule has 1 aliphatic rings. The zero-order valence-corrected chi connectivity index (χ0v) is 15.7. The van der Waals surface area contributed by atoms with Gasteiger partial charge in [-0.3, -0.25) is 9.78 Å². The molecule has 2 N–H and O–H groups in total. The summed E-state index contributed by atoms with van der Waals surface area (Å²) in [4.78, 5) is 19.9. The van der Waals surface area contributed by atoms with Gasteiger partial charge >= 0.3 is 0 Å². The maximum atomic E-state index is 12.7. The third kappa shape index (κ3) is 3.64. The smallest absolute Gasteiger partial charge is 0.244 e. The summed E-state index contributed by atoms with van der Waals surface area (Å²) in [5.74, 6) is 0.343. The van der Waals surface area contributed by atoms with Crippen molar-refractivity contribution < 1.29 is 17.7 Å². The zero-order valence-electron chi connectivity index (χ0n) is 14.9. The van der Waals surface area contributed by atoms with Gasteiger partial charge in [-0.05, 0) is 49.2 Å². The van der Waals surface area contributed by atoms with Crippen molar-refractivity contribution in [2.45, 2.75) is 30.7 Å². The summed E-state index contributed by atoms with van der Waals surface area (Å²) < 4.78 is 33.2. The highest BCUT2D eigenvalue weighted by Crippen LogP contribution is 2.26. The number of nitrogens with zero attached hydrogens (tertiary/aromatic N) is 3. The number of aromatic nitrogens is 3. The molecule has 0 spiro atoms. The number of benzene rings is 1. The summed E-state index contributed by atoms with van der Waals surface area (Å²) in [6.07, 6.45) is 2.44. The Hall–Kier alpha value is -3.11. The molecule has 0 unspecified atom stereocenters. The molecule has 1 aromatic carbocycles. The van der Waals surface area contributed by atoms with Crippen LogP contribution in [0.15, 0.2) is 52.0 Å². The molecule has 4 rings (SSSR count). The van der Waals surface area contributed by atoms with Crippen molar-refractivity contribution in [3.63, 3.8) is 0 Å². The normalized spacial score (nSPS) is 15.0. The number of nitrogens with one attached hydrogen (secondary N) is 2. The number of rotatable bonds is 5. The minimum Gasteiger partial charge on any atom is -0.337 e. The van der Waals surface area contributed by atoms with Gasteiger partial charge in [0.05, 0.1) is 10.9 Å². The fourth-order valence-electron chi connectivity index (χ4n) is 2.89. The summed E-state index contributed by atoms with van der Waals surface area (Å²) in [5, 5.41) is 6.58. The van der Waals surface area contributed by atoms with Crippen LogP contribution in [0.1, 0.15) is 30.8 Å². The van der Waals surface area contributed by atoms with E-state index in [9.17, 15) is 13.2 Å². The zero-order chi connectivity index (χ0) is 19.7. The van der Waals surface area contributed by atoms with Crippen molar-refractivity contribution in [2.24, 2.45) is 0 Å². The average Bonchev–Trinajstić information content (AvgIpc) is 3.18. The molecular formula is C18H17N5O4S. The number of carbonyl (C=O) groups is 1. The number of hydrogen-bond acceptors (Lipinski definition) is 7. The lowest BCUT2D eigenvalue weighted by atomic mass is 10.0. The molecule has 0 saturated carbocycles. The number of amides is 1. The van der Waals surface area contributed by atoms with Crippen molar-refractivity contribution in [3.05, 3.63) is 54.0 Å². The molecule has 3 aromatic rings. The van der Waals surface area contributed by atoms with Crippen molar-refractivity contribution in [2.75, 3.05) is 5.32 Å². The van der Waals surface area contributed by atoms with E-state index in [1.165, 1.54) is 6.07 Å². The molecule has 2 aromatic heterocycles. The number of sulfonamides is 1. The summed E-state index contributed by atoms with van der Waals surface area (Å²) in [6.45, 7) is 1.62. The fourth-order valence-corrected chi connectivity index (χ4v) is 4.14. The first-order valence-electron chi connectivity index (χ1n) is 8.62. The Morgan fingerprint density at radius 2 is 2.07 bits per heavy atom. The summed E-state index contributed by atoms with van der Waals surface area (Å²) >= 11 is 0. The molecule has 0 saturated heterocycles. The van der Waals surface area contributed by atoms with Crippen molar-refractivity contribution in [1.29, 1.82) is 0 Å². The number of anilines is 1. The third-order valence-electron chi connectivity index (χ3n) is 4.32. The van der Waals surface area contributed by atoms with Gasteiger partial charge in [-0.15, -0.1) is 0 Å². The van der Waals surface area contributed by atoms with E-state index in [0.717, 1.165) is 5.56 Å². The van der Waals surface area contributed by atoms with Gasteiger partial charge in [0, 0.05) is 18.3 Å². The predicted octanol–water partition coefficient (Wildman–Crippen LogP) is 2.06. The van der Waals surface area contributed by atoms with Gasteiger partial charge in [0.2, 0.25) is 27.6 Å². The topological polar surface area (TPSA) is 127 Å². The maximum absolute atomic E-state index is 12.7. The minimum absolute atomic E-state index is 0.0741. The molecule has 0 aliphatic carbocycles. The largest absolute Gasteiger partial charge is 0.337 e. The van der Waals surface area contributed by atoms with Crippen LogP contribution in [0, 0.1) is 0 Å². The van der Waals surface area contributed by atoms with Crippen LogP contribution in [-0.4, -0.2) is 29.4 Å². The molecular weight excluding hydrogens is 382 g/mol. The van der Waals surface area contributed by atoms with Crippen LogP contribution < -0.4 is 10.0 Å². The molecule has 0 bridgehead atoms. The van der Waals surface area contributed by atoms with Crippen molar-refractivity contribution >= 4 is 21.6 Å². The number of pyridine rings is 1. The van der Waals surface area contributed by atoms with E-state index in [4.69, 9.17) is 4.52 Å². The van der Waals surface area contributed by atoms with E-state index in [2.05, 4.69) is 25.2 Å². The van der Waals surface area contributed by atoms with E-state index in [-0.39, 0.29) is 22.5 Å². The van der Waals surface area contributed by atoms with E-state index in [0.29, 0.717) is 24.2 Å². The predicted molar refractivity (Wildman–Crippen MR) is 99.7 cm³/mol. The Morgan fingerprint density at radius 3 is 2.86 bits per heavy atom. The lowest BCUT2D eigenvalue weighted by Crippen LogP contribution is -2.27. The molecule has 1 amide bonds. The number of carbonyl (C=O) groups excluding carboxylic acids is 1. The minimum atomic E-state index is -3.82. The highest BCUT2D eigenvalue weighted by molar-refractivity contribution is 7.89. The third-order valence-corrected chi connectivity index (χ3v) is 5.86. The van der Waals surface area contributed by atoms with Gasteiger partial charge in [0.1, 0.15) is 5.69 Å². The van der Waals surface area contributed by atoms with Crippen LogP contribution in [0.4, 0.5) is 5.69 Å². The quantitative estimate of drug-likeness (QED) is 0.672. The number of fused-ring (bicyclic) bond motifs is 1. The maximum Gasteiger partial charge on any atom is 0.244 e. The standard InChI is InChI=1S/C18H17N5O4S/c1-11(18-21-17(22-27-18)15-4-2-3-9-19-15)23-28(25,26)13-6-7-14-12(10-13)5-8-16(24)20-14/h2-4,6-7,9-11,23H,5,8H2,1H3,(H,20,24)/t11-/m1/s1. The average molecular weight is 399 g/mol. The summed E-state index contributed by atoms with van der Waals surface area (Å²) in [5.41, 5.74) is 1.95. The second kappa shape index (κ2) is 7.13. The molecule has 3 heterocycles. The highest BCUT2D eigenvalue weighted by Gasteiger charge is 2.24. The van der Waals surface area contributed by atoms with Gasteiger partial charge in [-0.25, -0.2) is 8.42 Å². The first-order valence-corrected chi connectivity index (χ1v) is 10.1. The Balaban J connectivity index is 1.53. The molecule has 10 heteroatoms. The fraction of sp³-hybridized carbons (Fsp3) is 0.222. The van der Waals surface area contributed by atoms with Gasteiger partial charge in [0.25, 0.3) is 0 Å². The van der Waals surface area contributed by atoms with E-state index >= 15 is 0 Å². The van der Waals surface area contributed by atoms with E-state index in [1.807, 2.05) is 0 Å². The highest BCUT2D eigenvalue weighted by atomic mass is 32.2. The van der Waals surface area contributed by atoms with Gasteiger partial charge in [0.15, 0.2) is 0 Å². The van der Waals surface area contributed by atoms with Crippen LogP contribution >= 0.6 is 0 Å². The Kier molecular flexibility index (Phi) is 4.65. The van der Waals surface area contributed by atoms with Crippen LogP contribution in [0.5, 0.6) is 0 Å². The number of aryl methyl sites for hydroxylation is 1. The number of hydrogen-bond donors (Lipinski definition) is 2. The lowest BCUT2D eigenvalue weighted by molar-refractivity contribution is -0.116. The Labute approximate surface area is 161 Å². The van der Waals surface area contributed by atoms with Crippen molar-refractivity contribution in [3.8, 4) is 11.5 Å². The summed E-state index contributed by atoms with van der Waals surface area (Å²) in [6, 6.07) is 9.18. The molecule has 144 valence electrons. The lowest BCUT2D eigenvalue weighted by Gasteiger charge is -2.18. The summed E-state index contributed by atoms with van der Waals surface area (Å²) in [7, 11) is -3.82. The van der Waals surface area contributed by atoms with Crippen molar-refractivity contribution in [1.82, 2.24) is 19.8 Å². The van der Waals surface area contributed by atoms with Crippen LogP contribution in [0.2, 0.25) is 0 Å². The molecule has 9 nitrogen and oxygen atoms in total. The van der Waals surface area contributed by atoms with E-state index < -0.39 is 16.1 Å². The first kappa shape index (κ1) is 18.3. The second-order valence-electron chi connectivity index (χ2n) is 6.38. The Bertz CT molecular complexity index is 1130. The van der Waals surface area contributed by atoms with E-state index in [1.54, 1.807) is 43.5 Å². The van der Waals surface area contributed by atoms with Gasteiger partial charge < -0.3 is 9.84 Å². The first-order chi connectivity index (χ1) is 13.4. The molecule has 1 atom stereocenters. The molecule has 0 fully saturated rings. The van der Waals surface area contributed by atoms with Crippen LogP contribution in [0.25, 0.3) is 11.5 Å². The van der Waals surface area contributed by atoms with Gasteiger partial charge in [-0.1, -0.05) is 11.2 Å². The van der Waals surface area contributed by atoms with Crippen LogP contribution in [-0.2, 0) is 21.2 Å². The SMILES string of the molecule is C[C@@H](NS(=O)(=O)c1ccc2c(c1)CCC(=O)N2)c1nc(-c2ccccn2)no1.